The quantitative estimate of drug-likeness (QED) is 0.134. The van der Waals surface area contributed by atoms with Gasteiger partial charge in [0.05, 0.1) is 6.10 Å². The van der Waals surface area contributed by atoms with E-state index in [0.29, 0.717) is 25.8 Å². The molecule has 0 aromatic heterocycles. The van der Waals surface area contributed by atoms with Gasteiger partial charge < -0.3 is 15.1 Å². The van der Waals surface area contributed by atoms with Crippen LogP contribution in [0.1, 0.15) is 197 Å². The largest absolute Gasteiger partial charge is 0.396 e. The van der Waals surface area contributed by atoms with E-state index in [1.54, 1.807) is 18.9 Å². The fraction of sp³-hybridized carbons (Fsp3) is 0.972. The second kappa shape index (κ2) is 42.9. The summed E-state index contributed by atoms with van der Waals surface area (Å²) in [7, 11) is 1.70. The number of carbonyl (C=O) groups is 1. The van der Waals surface area contributed by atoms with Gasteiger partial charge in [-0.2, -0.15) is 0 Å². The van der Waals surface area contributed by atoms with E-state index in [-0.39, 0.29) is 12.5 Å². The first-order valence-corrected chi connectivity index (χ1v) is 18.0. The molecule has 2 N–H and O–H groups in total. The molecule has 1 unspecified atom stereocenters. The van der Waals surface area contributed by atoms with Crippen molar-refractivity contribution in [3.05, 3.63) is 0 Å². The average Bonchev–Trinajstić information content (AvgIpc) is 2.96. The number of amides is 1. The number of hydrogen-bond donors (Lipinski definition) is 2. The number of aliphatic hydroxyl groups is 2. The molecule has 1 aliphatic rings. The van der Waals surface area contributed by atoms with E-state index >= 15 is 0 Å². The first kappa shape index (κ1) is 46.4. The van der Waals surface area contributed by atoms with E-state index < -0.39 is 6.10 Å². The summed E-state index contributed by atoms with van der Waals surface area (Å²) in [6.07, 6.45) is 28.5. The maximum absolute atomic E-state index is 11.2. The van der Waals surface area contributed by atoms with Crippen molar-refractivity contribution in [3.63, 3.8) is 0 Å². The molecular weight excluding hydrogens is 494 g/mol. The molecule has 4 nitrogen and oxygen atoms in total. The Morgan fingerprint density at radius 2 is 1.12 bits per heavy atom. The fourth-order valence-corrected chi connectivity index (χ4v) is 4.55. The number of hydrogen-bond acceptors (Lipinski definition) is 3. The monoisotopic (exact) mass is 574 g/mol. The number of unbranched alkanes of at least 4 members (excludes halogenated alkanes) is 13. The third-order valence-corrected chi connectivity index (χ3v) is 7.29. The molecular formula is C36H79NO3. The molecule has 1 amide bonds. The molecule has 1 fully saturated rings. The van der Waals surface area contributed by atoms with Crippen LogP contribution in [0, 0.1) is 5.92 Å². The number of carbonyl (C=O) groups excluding carboxylic acids is 1. The highest BCUT2D eigenvalue weighted by Gasteiger charge is 2.15. The summed E-state index contributed by atoms with van der Waals surface area (Å²) in [4.78, 5) is 12.7. The summed E-state index contributed by atoms with van der Waals surface area (Å²) >= 11 is 0. The Morgan fingerprint density at radius 1 is 0.700 bits per heavy atom. The minimum absolute atomic E-state index is 0.0474. The van der Waals surface area contributed by atoms with Gasteiger partial charge in [0.15, 0.2) is 0 Å². The summed E-state index contributed by atoms with van der Waals surface area (Å²) in [5, 5.41) is 18.1. The van der Waals surface area contributed by atoms with E-state index in [1.165, 1.54) is 116 Å². The summed E-state index contributed by atoms with van der Waals surface area (Å²) in [6, 6.07) is 0. The van der Waals surface area contributed by atoms with Gasteiger partial charge in [0, 0.05) is 26.6 Å². The SMILES string of the molecule is CC.CC.CCC(=O)N(C)CC(O)CCCCO.CCCC1CCC1.CCCCCCCCCCCCCCC. The van der Waals surface area contributed by atoms with Gasteiger partial charge in [0.2, 0.25) is 5.91 Å². The van der Waals surface area contributed by atoms with Gasteiger partial charge in [-0.15, -0.1) is 0 Å². The van der Waals surface area contributed by atoms with Crippen LogP contribution < -0.4 is 0 Å². The van der Waals surface area contributed by atoms with Crippen LogP contribution >= 0.6 is 0 Å². The predicted octanol–water partition coefficient (Wildman–Crippen LogP) is 11.1. The Bertz CT molecular complexity index is 414. The van der Waals surface area contributed by atoms with Crippen molar-refractivity contribution in [2.75, 3.05) is 20.2 Å². The molecule has 1 rings (SSSR count). The second-order valence-electron chi connectivity index (χ2n) is 11.0. The van der Waals surface area contributed by atoms with Gasteiger partial charge in [-0.25, -0.2) is 0 Å². The lowest BCUT2D eigenvalue weighted by Crippen LogP contribution is -2.33. The normalized spacial score (nSPS) is 12.6. The van der Waals surface area contributed by atoms with E-state index in [0.717, 1.165) is 12.3 Å². The molecule has 1 saturated carbocycles. The summed E-state index contributed by atoms with van der Waals surface area (Å²) in [5.41, 5.74) is 0. The topological polar surface area (TPSA) is 60.8 Å². The van der Waals surface area contributed by atoms with E-state index in [1.807, 2.05) is 27.7 Å². The Morgan fingerprint density at radius 3 is 1.40 bits per heavy atom. The highest BCUT2D eigenvalue weighted by atomic mass is 16.3. The molecule has 1 atom stereocenters. The van der Waals surface area contributed by atoms with E-state index in [9.17, 15) is 9.90 Å². The standard InChI is InChI=1S/C15H32.C10H21NO3.C7H14.2C2H6/c1-3-5-7-9-11-13-15-14-12-10-8-6-4-2;1-3-10(14)11(2)8-9(13)6-4-5-7-12;1-2-4-7-5-3-6-7;2*1-2/h3-15H2,1-2H3;9,12-13H,3-8H2,1-2H3;7H,2-6H2,1H3;2*1-2H3. The molecule has 0 aromatic rings. The summed E-state index contributed by atoms with van der Waals surface area (Å²) in [5.74, 6) is 1.18. The van der Waals surface area contributed by atoms with Gasteiger partial charge in [0.25, 0.3) is 0 Å². The zero-order valence-electron chi connectivity index (χ0n) is 29.4. The Labute approximate surface area is 254 Å². The number of rotatable bonds is 21. The number of nitrogens with zero attached hydrogens (tertiary/aromatic N) is 1. The smallest absolute Gasteiger partial charge is 0.222 e. The van der Waals surface area contributed by atoms with Crippen LogP contribution in [-0.2, 0) is 4.79 Å². The summed E-state index contributed by atoms with van der Waals surface area (Å²) < 4.78 is 0. The molecule has 40 heavy (non-hydrogen) atoms. The maximum atomic E-state index is 11.2. The molecule has 0 radical (unpaired) electrons. The van der Waals surface area contributed by atoms with Gasteiger partial charge >= 0.3 is 0 Å². The van der Waals surface area contributed by atoms with Crippen LogP contribution in [0.2, 0.25) is 0 Å². The van der Waals surface area contributed by atoms with Gasteiger partial charge in [-0.3, -0.25) is 4.79 Å². The number of likely N-dealkylation sites (N-methyl/N-ethyl adjacent to an activating group) is 1. The van der Waals surface area contributed by atoms with Crippen LogP contribution in [0.15, 0.2) is 0 Å². The second-order valence-corrected chi connectivity index (χ2v) is 11.0. The Hall–Kier alpha value is -0.610. The lowest BCUT2D eigenvalue weighted by Gasteiger charge is -2.24. The van der Waals surface area contributed by atoms with Crippen LogP contribution in [0.3, 0.4) is 0 Å². The van der Waals surface area contributed by atoms with Crippen molar-refractivity contribution in [1.82, 2.24) is 4.90 Å². The van der Waals surface area contributed by atoms with E-state index in [2.05, 4.69) is 20.8 Å². The van der Waals surface area contributed by atoms with Crippen molar-refractivity contribution < 1.29 is 15.0 Å². The van der Waals surface area contributed by atoms with Crippen molar-refractivity contribution in [2.24, 2.45) is 5.92 Å². The lowest BCUT2D eigenvalue weighted by molar-refractivity contribution is -0.130. The molecule has 0 aromatic carbocycles. The zero-order valence-corrected chi connectivity index (χ0v) is 29.4. The molecule has 246 valence electrons. The fourth-order valence-electron chi connectivity index (χ4n) is 4.55. The zero-order chi connectivity index (χ0) is 31.3. The van der Waals surface area contributed by atoms with Gasteiger partial charge in [0.1, 0.15) is 0 Å². The minimum atomic E-state index is -0.470. The molecule has 0 bridgehead atoms. The highest BCUT2D eigenvalue weighted by molar-refractivity contribution is 5.75. The Balaban J connectivity index is -0.000000238. The molecule has 0 aliphatic heterocycles. The van der Waals surface area contributed by atoms with Crippen LogP contribution in [-0.4, -0.2) is 47.3 Å². The van der Waals surface area contributed by atoms with E-state index in [4.69, 9.17) is 5.11 Å². The molecule has 0 spiro atoms. The lowest BCUT2D eigenvalue weighted by atomic mass is 9.82. The average molecular weight is 574 g/mol. The van der Waals surface area contributed by atoms with Gasteiger partial charge in [-0.05, 0) is 25.2 Å². The first-order valence-electron chi connectivity index (χ1n) is 18.0. The van der Waals surface area contributed by atoms with Crippen molar-refractivity contribution in [3.8, 4) is 0 Å². The Kier molecular flexibility index (Phi) is 49.7. The van der Waals surface area contributed by atoms with Crippen LogP contribution in [0.25, 0.3) is 0 Å². The number of aliphatic hydroxyl groups excluding tert-OH is 2. The molecule has 1 aliphatic carbocycles. The van der Waals surface area contributed by atoms with Crippen molar-refractivity contribution in [2.45, 2.75) is 203 Å². The van der Waals surface area contributed by atoms with Gasteiger partial charge in [-0.1, -0.05) is 171 Å². The van der Waals surface area contributed by atoms with Crippen molar-refractivity contribution in [1.29, 1.82) is 0 Å². The minimum Gasteiger partial charge on any atom is -0.396 e. The van der Waals surface area contributed by atoms with Crippen molar-refractivity contribution >= 4 is 5.91 Å². The summed E-state index contributed by atoms with van der Waals surface area (Å²) in [6.45, 7) is 17.2. The van der Waals surface area contributed by atoms with Crippen LogP contribution in [0.5, 0.6) is 0 Å². The maximum Gasteiger partial charge on any atom is 0.222 e. The molecule has 0 saturated heterocycles. The predicted molar refractivity (Wildman–Crippen MR) is 181 cm³/mol. The van der Waals surface area contributed by atoms with Crippen LogP contribution in [0.4, 0.5) is 0 Å². The highest BCUT2D eigenvalue weighted by Crippen LogP contribution is 2.29. The third-order valence-electron chi connectivity index (χ3n) is 7.29. The molecule has 0 heterocycles. The first-order chi connectivity index (χ1) is 19.5. The third kappa shape index (κ3) is 39.5. The molecule has 4 heteroatoms.